The van der Waals surface area contributed by atoms with Gasteiger partial charge in [-0.3, -0.25) is 9.59 Å². The first-order valence-electron chi connectivity index (χ1n) is 13.4. The molecule has 2 N–H and O–H groups in total. The third-order valence-electron chi connectivity index (χ3n) is 7.69. The molecule has 7 heteroatoms. The first-order valence-corrected chi connectivity index (χ1v) is 13.4. The zero-order chi connectivity index (χ0) is 27.0. The number of rotatable bonds is 3. The van der Waals surface area contributed by atoms with Gasteiger partial charge in [0.15, 0.2) is 11.6 Å². The highest BCUT2D eigenvalue weighted by atomic mass is 16.6. The zero-order valence-electron chi connectivity index (χ0n) is 21.4. The van der Waals surface area contributed by atoms with Crippen molar-refractivity contribution in [3.63, 3.8) is 0 Å². The number of phenols is 1. The van der Waals surface area contributed by atoms with Gasteiger partial charge in [0.1, 0.15) is 28.9 Å². The maximum absolute atomic E-state index is 13.3. The number of hydrogen-bond acceptors (Lipinski definition) is 7. The summed E-state index contributed by atoms with van der Waals surface area (Å²) in [6.07, 6.45) is 4.51. The fraction of sp³-hybridized carbons (Fsp3) is 0.312. The van der Waals surface area contributed by atoms with Crippen LogP contribution in [0.4, 0.5) is 0 Å². The topological polar surface area (TPSA) is 102 Å². The first kappa shape index (κ1) is 25.3. The second-order valence-electron chi connectivity index (χ2n) is 10.5. The molecule has 0 aromatic heterocycles. The number of fused-ring (bicyclic) bond motifs is 5. The van der Waals surface area contributed by atoms with Crippen LogP contribution in [-0.2, 0) is 9.53 Å². The van der Waals surface area contributed by atoms with Crippen molar-refractivity contribution in [1.82, 2.24) is 0 Å². The zero-order valence-corrected chi connectivity index (χ0v) is 21.4. The van der Waals surface area contributed by atoms with Crippen LogP contribution in [0.25, 0.3) is 6.08 Å². The van der Waals surface area contributed by atoms with Crippen LogP contribution in [0.2, 0.25) is 0 Å². The molecule has 6 rings (SSSR count). The molecular weight excluding hydrogens is 496 g/mol. The normalized spacial score (nSPS) is 26.7. The van der Waals surface area contributed by atoms with Crippen LogP contribution in [0.3, 0.4) is 0 Å². The van der Waals surface area contributed by atoms with E-state index in [1.165, 1.54) is 0 Å². The van der Waals surface area contributed by atoms with Gasteiger partial charge >= 0.3 is 5.97 Å². The minimum Gasteiger partial charge on any atom is -0.507 e. The number of benzene rings is 3. The molecule has 3 aliphatic rings. The highest BCUT2D eigenvalue weighted by Crippen LogP contribution is 2.52. The standard InChI is InChI=1S/C32H30O7/c33-24-17-25(21-10-5-2-6-11-21)37-27-18-26-29(31(35)30(24)27)22-16-23(12-7-13-28(34)38-26)39-32(36,19-22)15-14-20-8-3-1-4-9-20/h1-6,8-11,14-15,18,22-23,25,35-36H,7,12-13,16-17,19H2/b15-14+/t22-,23-,25+,32+/m0/s1. The van der Waals surface area contributed by atoms with Crippen LogP contribution in [0.5, 0.6) is 17.2 Å². The number of ether oxygens (including phenoxy) is 3. The number of Topliss-reactive ketones (excluding diaryl/α,β-unsaturated/α-hetero) is 1. The Balaban J connectivity index is 1.40. The van der Waals surface area contributed by atoms with Gasteiger partial charge in [-0.1, -0.05) is 66.7 Å². The molecule has 0 amide bonds. The summed E-state index contributed by atoms with van der Waals surface area (Å²) in [5.74, 6) is -2.64. The van der Waals surface area contributed by atoms with E-state index < -0.39 is 23.8 Å². The second-order valence-corrected chi connectivity index (χ2v) is 10.5. The average Bonchev–Trinajstić information content (AvgIpc) is 2.92. The number of hydrogen-bond donors (Lipinski definition) is 2. The van der Waals surface area contributed by atoms with Crippen LogP contribution < -0.4 is 9.47 Å². The molecule has 3 aromatic carbocycles. The molecule has 2 bridgehead atoms. The maximum atomic E-state index is 13.3. The molecule has 0 radical (unpaired) electrons. The minimum absolute atomic E-state index is 0.0727. The second kappa shape index (κ2) is 10.3. The monoisotopic (exact) mass is 526 g/mol. The smallest absolute Gasteiger partial charge is 0.311 e. The molecule has 3 heterocycles. The molecule has 200 valence electrons. The van der Waals surface area contributed by atoms with Gasteiger partial charge in [-0.05, 0) is 42.4 Å². The van der Waals surface area contributed by atoms with Gasteiger partial charge in [0.2, 0.25) is 0 Å². The van der Waals surface area contributed by atoms with Crippen molar-refractivity contribution in [2.24, 2.45) is 0 Å². The van der Waals surface area contributed by atoms with Crippen molar-refractivity contribution in [3.8, 4) is 17.2 Å². The van der Waals surface area contributed by atoms with E-state index in [0.717, 1.165) is 11.1 Å². The van der Waals surface area contributed by atoms with Gasteiger partial charge in [-0.15, -0.1) is 0 Å². The van der Waals surface area contributed by atoms with E-state index in [4.69, 9.17) is 14.2 Å². The number of phenolic OH excluding ortho intramolecular Hbond substituents is 1. The molecule has 4 atom stereocenters. The van der Waals surface area contributed by atoms with E-state index in [2.05, 4.69) is 0 Å². The summed E-state index contributed by atoms with van der Waals surface area (Å²) in [5.41, 5.74) is 2.17. The molecule has 0 unspecified atom stereocenters. The van der Waals surface area contributed by atoms with Gasteiger partial charge in [-0.25, -0.2) is 0 Å². The van der Waals surface area contributed by atoms with E-state index in [1.54, 1.807) is 18.2 Å². The quantitative estimate of drug-likeness (QED) is 0.326. The van der Waals surface area contributed by atoms with Crippen LogP contribution in [0.1, 0.15) is 77.6 Å². The molecule has 39 heavy (non-hydrogen) atoms. The van der Waals surface area contributed by atoms with E-state index in [9.17, 15) is 19.8 Å². The highest BCUT2D eigenvalue weighted by molar-refractivity contribution is 6.03. The largest absolute Gasteiger partial charge is 0.507 e. The Kier molecular flexibility index (Phi) is 6.71. The SMILES string of the molecule is O=C1CCC[C@H]2C[C@@H](C[C@@](O)(/C=C/c3ccccc3)O2)c2c(cc3c(c2O)C(=O)C[C@H](c2ccccc2)O3)O1. The fourth-order valence-electron chi connectivity index (χ4n) is 5.88. The fourth-order valence-corrected chi connectivity index (χ4v) is 5.88. The van der Waals surface area contributed by atoms with Crippen LogP contribution in [-0.4, -0.2) is 33.9 Å². The Hall–Kier alpha value is -3.94. The summed E-state index contributed by atoms with van der Waals surface area (Å²) in [6, 6.07) is 20.6. The molecule has 1 fully saturated rings. The van der Waals surface area contributed by atoms with Crippen molar-refractivity contribution in [1.29, 1.82) is 0 Å². The number of esters is 1. The molecule has 0 saturated carbocycles. The summed E-state index contributed by atoms with van der Waals surface area (Å²) < 4.78 is 18.1. The van der Waals surface area contributed by atoms with Crippen molar-refractivity contribution >= 4 is 17.8 Å². The highest BCUT2D eigenvalue weighted by Gasteiger charge is 2.43. The van der Waals surface area contributed by atoms with Gasteiger partial charge in [0.05, 0.1) is 12.5 Å². The van der Waals surface area contributed by atoms with Gasteiger partial charge < -0.3 is 24.4 Å². The van der Waals surface area contributed by atoms with Crippen molar-refractivity contribution < 1.29 is 34.0 Å². The van der Waals surface area contributed by atoms with Crippen LogP contribution >= 0.6 is 0 Å². The third kappa shape index (κ3) is 5.20. The van der Waals surface area contributed by atoms with Gasteiger partial charge in [-0.2, -0.15) is 0 Å². The molecule has 1 saturated heterocycles. The number of carbonyl (C=O) groups excluding carboxylic acids is 2. The van der Waals surface area contributed by atoms with Crippen molar-refractivity contribution in [3.05, 3.63) is 95.1 Å². The predicted octanol–water partition coefficient (Wildman–Crippen LogP) is 5.85. The van der Waals surface area contributed by atoms with E-state index in [0.29, 0.717) is 24.8 Å². The summed E-state index contributed by atoms with van der Waals surface area (Å²) in [7, 11) is 0. The first-order chi connectivity index (χ1) is 18.9. The van der Waals surface area contributed by atoms with Crippen LogP contribution in [0.15, 0.2) is 72.8 Å². The third-order valence-corrected chi connectivity index (χ3v) is 7.69. The van der Waals surface area contributed by atoms with Gasteiger partial charge in [0.25, 0.3) is 0 Å². The van der Waals surface area contributed by atoms with E-state index in [-0.39, 0.29) is 54.0 Å². The Bertz CT molecular complexity index is 1420. The predicted molar refractivity (Wildman–Crippen MR) is 144 cm³/mol. The number of carbonyl (C=O) groups is 2. The lowest BCUT2D eigenvalue weighted by molar-refractivity contribution is -0.227. The lowest BCUT2D eigenvalue weighted by Crippen LogP contribution is -2.42. The Morgan fingerprint density at radius 3 is 2.49 bits per heavy atom. The van der Waals surface area contributed by atoms with Gasteiger partial charge in [0, 0.05) is 24.5 Å². The summed E-state index contributed by atoms with van der Waals surface area (Å²) in [6.45, 7) is 0. The number of aromatic hydroxyl groups is 1. The van der Waals surface area contributed by atoms with Crippen molar-refractivity contribution in [2.75, 3.05) is 0 Å². The molecule has 0 spiro atoms. The molecular formula is C32H30O7. The minimum atomic E-state index is -1.61. The summed E-state index contributed by atoms with van der Waals surface area (Å²) in [5, 5.41) is 23.1. The Labute approximate surface area is 226 Å². The molecule has 0 aliphatic carbocycles. The molecule has 7 nitrogen and oxygen atoms in total. The summed E-state index contributed by atoms with van der Waals surface area (Å²) >= 11 is 0. The Morgan fingerprint density at radius 1 is 0.974 bits per heavy atom. The van der Waals surface area contributed by atoms with Crippen LogP contribution in [0, 0.1) is 0 Å². The summed E-state index contributed by atoms with van der Waals surface area (Å²) in [4.78, 5) is 26.0. The number of aliphatic hydroxyl groups is 1. The average molecular weight is 527 g/mol. The maximum Gasteiger partial charge on any atom is 0.311 e. The van der Waals surface area contributed by atoms with Crippen molar-refractivity contribution in [2.45, 2.75) is 62.4 Å². The molecule has 3 aliphatic heterocycles. The lowest BCUT2D eigenvalue weighted by atomic mass is 9.80. The van der Waals surface area contributed by atoms with E-state index in [1.807, 2.05) is 60.7 Å². The lowest BCUT2D eigenvalue weighted by Gasteiger charge is -2.41. The molecule has 3 aromatic rings. The Morgan fingerprint density at radius 2 is 1.72 bits per heavy atom. The number of ketones is 1. The van der Waals surface area contributed by atoms with E-state index >= 15 is 0 Å².